The second-order valence-electron chi connectivity index (χ2n) is 6.40. The summed E-state index contributed by atoms with van der Waals surface area (Å²) >= 11 is 0. The zero-order valence-electron chi connectivity index (χ0n) is 16.3. The lowest BCUT2D eigenvalue weighted by Crippen LogP contribution is -2.36. The Bertz CT molecular complexity index is 999. The first kappa shape index (κ1) is 22.2. The molecule has 0 aliphatic carbocycles. The SMILES string of the molecule is CCS(=O)(=O)Oc1cccc(CN(C(C)C)S(=O)(=O)c2ccc(OC)cc2)c1. The van der Waals surface area contributed by atoms with Gasteiger partial charge in [0, 0.05) is 12.6 Å². The third kappa shape index (κ3) is 5.46. The minimum absolute atomic E-state index is 0.0788. The monoisotopic (exact) mass is 427 g/mol. The average molecular weight is 428 g/mol. The van der Waals surface area contributed by atoms with Gasteiger partial charge in [-0.2, -0.15) is 12.7 Å². The maximum atomic E-state index is 13.1. The van der Waals surface area contributed by atoms with Crippen LogP contribution in [-0.2, 0) is 26.7 Å². The summed E-state index contributed by atoms with van der Waals surface area (Å²) in [5, 5.41) is 0. The first-order valence-corrected chi connectivity index (χ1v) is 11.8. The molecule has 9 heteroatoms. The number of methoxy groups -OCH3 is 1. The van der Waals surface area contributed by atoms with Crippen molar-refractivity contribution in [2.24, 2.45) is 0 Å². The zero-order chi connectivity index (χ0) is 20.9. The van der Waals surface area contributed by atoms with Crippen LogP contribution in [-0.4, -0.2) is 40.0 Å². The van der Waals surface area contributed by atoms with Gasteiger partial charge in [-0.25, -0.2) is 8.42 Å². The molecule has 0 unspecified atom stereocenters. The molecule has 154 valence electrons. The number of hydrogen-bond acceptors (Lipinski definition) is 6. The van der Waals surface area contributed by atoms with E-state index < -0.39 is 20.1 Å². The Morgan fingerprint density at radius 2 is 1.61 bits per heavy atom. The molecular weight excluding hydrogens is 402 g/mol. The topological polar surface area (TPSA) is 90.0 Å². The van der Waals surface area contributed by atoms with Crippen molar-refractivity contribution in [3.8, 4) is 11.5 Å². The van der Waals surface area contributed by atoms with Crippen LogP contribution in [0.25, 0.3) is 0 Å². The lowest BCUT2D eigenvalue weighted by Gasteiger charge is -2.26. The van der Waals surface area contributed by atoms with Crippen LogP contribution in [0.5, 0.6) is 11.5 Å². The average Bonchev–Trinajstić information content (AvgIpc) is 2.65. The lowest BCUT2D eigenvalue weighted by atomic mass is 10.2. The molecule has 0 amide bonds. The largest absolute Gasteiger partial charge is 0.497 e. The van der Waals surface area contributed by atoms with Crippen LogP contribution in [0.2, 0.25) is 0 Å². The fraction of sp³-hybridized carbons (Fsp3) is 0.368. The molecule has 7 nitrogen and oxygen atoms in total. The van der Waals surface area contributed by atoms with Crippen molar-refractivity contribution in [2.45, 2.75) is 38.3 Å². The zero-order valence-corrected chi connectivity index (χ0v) is 18.0. The van der Waals surface area contributed by atoms with Gasteiger partial charge in [-0.05, 0) is 62.7 Å². The Kier molecular flexibility index (Phi) is 7.08. The third-order valence-corrected chi connectivity index (χ3v) is 7.25. The van der Waals surface area contributed by atoms with Crippen molar-refractivity contribution in [1.29, 1.82) is 0 Å². The number of benzene rings is 2. The molecule has 0 aliphatic rings. The van der Waals surface area contributed by atoms with Gasteiger partial charge < -0.3 is 8.92 Å². The molecule has 0 bridgehead atoms. The molecule has 2 rings (SSSR count). The predicted octanol–water partition coefficient (Wildman–Crippen LogP) is 3.02. The standard InChI is InChI=1S/C19H25NO6S2/c1-5-27(21,22)26-18-8-6-7-16(13-18)14-20(15(2)3)28(23,24)19-11-9-17(25-4)10-12-19/h6-13,15H,5,14H2,1-4H3. The van der Waals surface area contributed by atoms with E-state index in [1.165, 1.54) is 42.6 Å². The number of rotatable bonds is 9. The molecule has 0 aromatic heterocycles. The van der Waals surface area contributed by atoms with Gasteiger partial charge >= 0.3 is 10.1 Å². The maximum absolute atomic E-state index is 13.1. The first-order valence-electron chi connectivity index (χ1n) is 8.76. The summed E-state index contributed by atoms with van der Waals surface area (Å²) in [6.45, 7) is 5.13. The van der Waals surface area contributed by atoms with E-state index in [1.807, 2.05) is 0 Å². The van der Waals surface area contributed by atoms with Crippen molar-refractivity contribution < 1.29 is 25.8 Å². The van der Waals surface area contributed by atoms with Gasteiger partial charge in [-0.3, -0.25) is 0 Å². The van der Waals surface area contributed by atoms with Crippen LogP contribution < -0.4 is 8.92 Å². The van der Waals surface area contributed by atoms with E-state index in [0.717, 1.165) is 0 Å². The van der Waals surface area contributed by atoms with Crippen molar-refractivity contribution in [2.75, 3.05) is 12.9 Å². The highest BCUT2D eigenvalue weighted by Crippen LogP contribution is 2.24. The molecule has 0 atom stereocenters. The highest BCUT2D eigenvalue weighted by Gasteiger charge is 2.27. The van der Waals surface area contributed by atoms with Crippen LogP contribution in [0, 0.1) is 0 Å². The number of sulfonamides is 1. The summed E-state index contributed by atoms with van der Waals surface area (Å²) in [6, 6.07) is 12.3. The normalized spacial score (nSPS) is 12.4. The fourth-order valence-electron chi connectivity index (χ4n) is 2.51. The van der Waals surface area contributed by atoms with E-state index in [0.29, 0.717) is 11.3 Å². The second-order valence-corrected chi connectivity index (χ2v) is 10.1. The van der Waals surface area contributed by atoms with Gasteiger partial charge in [0.05, 0.1) is 17.8 Å². The molecule has 0 aliphatic heterocycles. The van der Waals surface area contributed by atoms with Crippen LogP contribution >= 0.6 is 0 Å². The fourth-order valence-corrected chi connectivity index (χ4v) is 4.65. The minimum atomic E-state index is -3.76. The Morgan fingerprint density at radius 3 is 2.14 bits per heavy atom. The highest BCUT2D eigenvalue weighted by atomic mass is 32.2. The van der Waals surface area contributed by atoms with E-state index in [2.05, 4.69) is 0 Å². The van der Waals surface area contributed by atoms with Crippen LogP contribution in [0.15, 0.2) is 53.4 Å². The van der Waals surface area contributed by atoms with Crippen molar-refractivity contribution in [1.82, 2.24) is 4.31 Å². The van der Waals surface area contributed by atoms with Gasteiger partial charge in [-0.15, -0.1) is 0 Å². The van der Waals surface area contributed by atoms with Gasteiger partial charge in [-0.1, -0.05) is 12.1 Å². The Labute approximate surface area is 167 Å². The number of hydrogen-bond donors (Lipinski definition) is 0. The van der Waals surface area contributed by atoms with Crippen molar-refractivity contribution in [3.05, 3.63) is 54.1 Å². The summed E-state index contributed by atoms with van der Waals surface area (Å²) in [6.07, 6.45) is 0. The molecule has 0 saturated carbocycles. The minimum Gasteiger partial charge on any atom is -0.497 e. The molecule has 28 heavy (non-hydrogen) atoms. The molecule has 2 aromatic rings. The smallest absolute Gasteiger partial charge is 0.308 e. The summed E-state index contributed by atoms with van der Waals surface area (Å²) in [7, 11) is -5.90. The lowest BCUT2D eigenvalue weighted by molar-refractivity contribution is 0.347. The summed E-state index contributed by atoms with van der Waals surface area (Å²) in [5.74, 6) is 0.572. The Hall–Kier alpha value is -2.10. The van der Waals surface area contributed by atoms with Gasteiger partial charge in [0.15, 0.2) is 0 Å². The van der Waals surface area contributed by atoms with Gasteiger partial charge in [0.2, 0.25) is 10.0 Å². The van der Waals surface area contributed by atoms with E-state index in [9.17, 15) is 16.8 Å². The summed E-state index contributed by atoms with van der Waals surface area (Å²) in [4.78, 5) is 0.156. The molecule has 0 spiro atoms. The van der Waals surface area contributed by atoms with Crippen molar-refractivity contribution in [3.63, 3.8) is 0 Å². The van der Waals surface area contributed by atoms with E-state index >= 15 is 0 Å². The number of nitrogens with zero attached hydrogens (tertiary/aromatic N) is 1. The quantitative estimate of drug-likeness (QED) is 0.572. The Morgan fingerprint density at radius 1 is 0.964 bits per heavy atom. The van der Waals surface area contributed by atoms with E-state index in [-0.39, 0.29) is 29.0 Å². The third-order valence-electron chi connectivity index (χ3n) is 4.06. The summed E-state index contributed by atoms with van der Waals surface area (Å²) < 4.78 is 61.0. The predicted molar refractivity (Wildman–Crippen MR) is 107 cm³/mol. The highest BCUT2D eigenvalue weighted by molar-refractivity contribution is 7.89. The van der Waals surface area contributed by atoms with E-state index in [1.54, 1.807) is 38.1 Å². The molecule has 0 heterocycles. The van der Waals surface area contributed by atoms with Gasteiger partial charge in [0.1, 0.15) is 11.5 Å². The van der Waals surface area contributed by atoms with Crippen molar-refractivity contribution >= 4 is 20.1 Å². The van der Waals surface area contributed by atoms with Crippen LogP contribution in [0.1, 0.15) is 26.3 Å². The molecule has 0 N–H and O–H groups in total. The number of ether oxygens (including phenoxy) is 1. The Balaban J connectivity index is 2.32. The first-order chi connectivity index (χ1) is 13.1. The maximum Gasteiger partial charge on any atom is 0.308 e. The molecule has 0 radical (unpaired) electrons. The molecule has 0 saturated heterocycles. The second kappa shape index (κ2) is 8.93. The molecule has 2 aromatic carbocycles. The van der Waals surface area contributed by atoms with E-state index in [4.69, 9.17) is 8.92 Å². The van der Waals surface area contributed by atoms with Crippen LogP contribution in [0.4, 0.5) is 0 Å². The summed E-state index contributed by atoms with van der Waals surface area (Å²) in [5.41, 5.74) is 0.620. The van der Waals surface area contributed by atoms with Crippen LogP contribution in [0.3, 0.4) is 0 Å². The molecular formula is C19H25NO6S2. The van der Waals surface area contributed by atoms with Gasteiger partial charge in [0.25, 0.3) is 0 Å². The molecule has 0 fully saturated rings.